The van der Waals surface area contributed by atoms with Gasteiger partial charge in [0.25, 0.3) is 5.91 Å². The molecule has 21 heavy (non-hydrogen) atoms. The molecule has 1 aromatic carbocycles. The Bertz CT molecular complexity index is 524. The number of rotatable bonds is 2. The lowest BCUT2D eigenvalue weighted by atomic mass is 10.1. The van der Waals surface area contributed by atoms with E-state index in [9.17, 15) is 9.90 Å². The molecular weight excluding hydrogens is 264 g/mol. The molecule has 0 aliphatic carbocycles. The average Bonchev–Trinajstić information content (AvgIpc) is 3.00. The molecule has 0 saturated carbocycles. The molecule has 0 spiro atoms. The van der Waals surface area contributed by atoms with E-state index >= 15 is 0 Å². The minimum absolute atomic E-state index is 0.0582. The summed E-state index contributed by atoms with van der Waals surface area (Å²) in [5.41, 5.74) is 1.32. The van der Waals surface area contributed by atoms with E-state index in [1.54, 1.807) is 19.1 Å². The van der Waals surface area contributed by atoms with Crippen molar-refractivity contribution in [1.82, 2.24) is 9.80 Å². The molecule has 2 aliphatic heterocycles. The van der Waals surface area contributed by atoms with E-state index in [1.807, 2.05) is 11.0 Å². The summed E-state index contributed by atoms with van der Waals surface area (Å²) < 4.78 is 0. The van der Waals surface area contributed by atoms with E-state index in [0.29, 0.717) is 17.2 Å². The number of hydrogen-bond acceptors (Lipinski definition) is 3. The van der Waals surface area contributed by atoms with Crippen molar-refractivity contribution in [2.45, 2.75) is 38.6 Å². The Labute approximate surface area is 126 Å². The zero-order chi connectivity index (χ0) is 14.8. The van der Waals surface area contributed by atoms with Crippen LogP contribution < -0.4 is 0 Å². The molecule has 1 N–H and O–H groups in total. The zero-order valence-corrected chi connectivity index (χ0v) is 12.7. The molecule has 2 aliphatic rings. The van der Waals surface area contributed by atoms with Gasteiger partial charge in [-0.2, -0.15) is 0 Å². The summed E-state index contributed by atoms with van der Waals surface area (Å²) in [6.45, 7) is 5.82. The average molecular weight is 288 g/mol. The van der Waals surface area contributed by atoms with E-state index in [0.717, 1.165) is 19.5 Å². The highest BCUT2D eigenvalue weighted by atomic mass is 16.3. The maximum atomic E-state index is 12.6. The van der Waals surface area contributed by atoms with Crippen molar-refractivity contribution >= 4 is 5.91 Å². The predicted octanol–water partition coefficient (Wildman–Crippen LogP) is 2.40. The number of likely N-dealkylation sites (tertiary alicyclic amines) is 2. The third-order valence-corrected chi connectivity index (χ3v) is 4.89. The van der Waals surface area contributed by atoms with Gasteiger partial charge in [-0.3, -0.25) is 9.69 Å². The number of hydrogen-bond donors (Lipinski definition) is 1. The number of carbonyl (C=O) groups excluding carboxylic acids is 1. The number of phenols is 1. The first kappa shape index (κ1) is 14.4. The summed E-state index contributed by atoms with van der Waals surface area (Å²) in [5.74, 6) is 0.260. The monoisotopic (exact) mass is 288 g/mol. The third-order valence-electron chi connectivity index (χ3n) is 4.89. The molecule has 0 bridgehead atoms. The smallest absolute Gasteiger partial charge is 0.254 e. The minimum Gasteiger partial charge on any atom is -0.508 e. The van der Waals surface area contributed by atoms with Gasteiger partial charge in [0, 0.05) is 30.3 Å². The van der Waals surface area contributed by atoms with Crippen LogP contribution >= 0.6 is 0 Å². The van der Waals surface area contributed by atoms with Crippen LogP contribution in [0.5, 0.6) is 5.75 Å². The Morgan fingerprint density at radius 2 is 1.95 bits per heavy atom. The van der Waals surface area contributed by atoms with Gasteiger partial charge in [0.15, 0.2) is 0 Å². The van der Waals surface area contributed by atoms with Crippen LogP contribution in [0.4, 0.5) is 0 Å². The molecule has 2 heterocycles. The van der Waals surface area contributed by atoms with Crippen LogP contribution in [-0.4, -0.2) is 53.0 Å². The molecule has 1 aromatic rings. The molecule has 114 valence electrons. The Hall–Kier alpha value is -1.55. The van der Waals surface area contributed by atoms with Crippen molar-refractivity contribution in [2.75, 3.05) is 26.2 Å². The van der Waals surface area contributed by atoms with Gasteiger partial charge in [-0.1, -0.05) is 12.5 Å². The maximum absolute atomic E-state index is 12.6. The van der Waals surface area contributed by atoms with Gasteiger partial charge >= 0.3 is 0 Å². The number of amides is 1. The lowest BCUT2D eigenvalue weighted by Gasteiger charge is -2.32. The standard InChI is InChI=1S/C17H24N2O2/c1-13-15(6-5-7-16(13)20)17(21)19-11-8-14(12-19)18-9-3-2-4-10-18/h5-7,14,20H,2-4,8-12H2,1H3. The largest absolute Gasteiger partial charge is 0.508 e. The van der Waals surface area contributed by atoms with Crippen molar-refractivity contribution in [3.63, 3.8) is 0 Å². The van der Waals surface area contributed by atoms with Gasteiger partial charge in [-0.15, -0.1) is 0 Å². The van der Waals surface area contributed by atoms with Crippen LogP contribution in [0.25, 0.3) is 0 Å². The fourth-order valence-electron chi connectivity index (χ4n) is 3.53. The molecule has 2 fully saturated rings. The number of benzene rings is 1. The highest BCUT2D eigenvalue weighted by molar-refractivity contribution is 5.96. The van der Waals surface area contributed by atoms with Gasteiger partial charge in [0.1, 0.15) is 5.75 Å². The molecule has 3 rings (SSSR count). The Morgan fingerprint density at radius 1 is 1.19 bits per heavy atom. The molecule has 2 saturated heterocycles. The summed E-state index contributed by atoms with van der Waals surface area (Å²) in [6, 6.07) is 5.71. The molecule has 0 radical (unpaired) electrons. The fraction of sp³-hybridized carbons (Fsp3) is 0.588. The number of phenolic OH excluding ortho intramolecular Hbond substituents is 1. The summed E-state index contributed by atoms with van der Waals surface area (Å²) >= 11 is 0. The molecule has 0 aromatic heterocycles. The Morgan fingerprint density at radius 3 is 2.71 bits per heavy atom. The lowest BCUT2D eigenvalue weighted by Crippen LogP contribution is -2.41. The fourth-order valence-corrected chi connectivity index (χ4v) is 3.53. The lowest BCUT2D eigenvalue weighted by molar-refractivity contribution is 0.0770. The van der Waals surface area contributed by atoms with E-state index in [2.05, 4.69) is 4.90 Å². The van der Waals surface area contributed by atoms with Crippen LogP contribution in [0.2, 0.25) is 0 Å². The summed E-state index contributed by atoms with van der Waals surface area (Å²) in [6.07, 6.45) is 4.99. The highest BCUT2D eigenvalue weighted by Crippen LogP contribution is 2.25. The van der Waals surface area contributed by atoms with Crippen molar-refractivity contribution in [3.05, 3.63) is 29.3 Å². The van der Waals surface area contributed by atoms with Gasteiger partial charge in [0.05, 0.1) is 0 Å². The van der Waals surface area contributed by atoms with Crippen LogP contribution in [0, 0.1) is 6.92 Å². The second kappa shape index (κ2) is 6.06. The first-order valence-corrected chi connectivity index (χ1v) is 7.98. The van der Waals surface area contributed by atoms with Gasteiger partial charge in [0.2, 0.25) is 0 Å². The third kappa shape index (κ3) is 2.91. The Balaban J connectivity index is 1.68. The normalized spacial score (nSPS) is 23.5. The van der Waals surface area contributed by atoms with Crippen molar-refractivity contribution in [2.24, 2.45) is 0 Å². The number of aromatic hydroxyl groups is 1. The number of nitrogens with zero attached hydrogens (tertiary/aromatic N) is 2. The van der Waals surface area contributed by atoms with Crippen LogP contribution in [0.3, 0.4) is 0 Å². The van der Waals surface area contributed by atoms with Crippen molar-refractivity contribution in [3.8, 4) is 5.75 Å². The van der Waals surface area contributed by atoms with E-state index in [1.165, 1.54) is 32.4 Å². The molecule has 1 atom stereocenters. The van der Waals surface area contributed by atoms with E-state index < -0.39 is 0 Å². The molecular formula is C17H24N2O2. The first-order valence-electron chi connectivity index (χ1n) is 7.98. The van der Waals surface area contributed by atoms with Crippen LogP contribution in [0.1, 0.15) is 41.6 Å². The summed E-state index contributed by atoms with van der Waals surface area (Å²) in [4.78, 5) is 17.1. The zero-order valence-electron chi connectivity index (χ0n) is 12.7. The second-order valence-corrected chi connectivity index (χ2v) is 6.24. The van der Waals surface area contributed by atoms with Crippen LogP contribution in [-0.2, 0) is 0 Å². The van der Waals surface area contributed by atoms with Crippen molar-refractivity contribution in [1.29, 1.82) is 0 Å². The van der Waals surface area contributed by atoms with Gasteiger partial charge in [-0.25, -0.2) is 0 Å². The maximum Gasteiger partial charge on any atom is 0.254 e. The summed E-state index contributed by atoms with van der Waals surface area (Å²) in [5, 5.41) is 9.77. The highest BCUT2D eigenvalue weighted by Gasteiger charge is 2.31. The Kier molecular flexibility index (Phi) is 4.15. The van der Waals surface area contributed by atoms with E-state index in [4.69, 9.17) is 0 Å². The predicted molar refractivity (Wildman–Crippen MR) is 82.6 cm³/mol. The quantitative estimate of drug-likeness (QED) is 0.909. The molecule has 4 nitrogen and oxygen atoms in total. The van der Waals surface area contributed by atoms with E-state index in [-0.39, 0.29) is 11.7 Å². The molecule has 1 unspecified atom stereocenters. The molecule has 4 heteroatoms. The number of piperidine rings is 1. The van der Waals surface area contributed by atoms with Gasteiger partial charge < -0.3 is 10.0 Å². The second-order valence-electron chi connectivity index (χ2n) is 6.24. The minimum atomic E-state index is 0.0582. The number of carbonyl (C=O) groups is 1. The summed E-state index contributed by atoms with van der Waals surface area (Å²) in [7, 11) is 0. The SMILES string of the molecule is Cc1c(O)cccc1C(=O)N1CCC(N2CCCCC2)C1. The van der Waals surface area contributed by atoms with Gasteiger partial charge in [-0.05, 0) is 51.4 Å². The van der Waals surface area contributed by atoms with Crippen LogP contribution in [0.15, 0.2) is 18.2 Å². The first-order chi connectivity index (χ1) is 10.2. The molecule has 1 amide bonds. The topological polar surface area (TPSA) is 43.8 Å². The van der Waals surface area contributed by atoms with Crippen molar-refractivity contribution < 1.29 is 9.90 Å².